The van der Waals surface area contributed by atoms with Gasteiger partial charge in [-0.25, -0.2) is 4.79 Å². The van der Waals surface area contributed by atoms with Crippen molar-refractivity contribution in [1.82, 2.24) is 0 Å². The van der Waals surface area contributed by atoms with Gasteiger partial charge in [0.05, 0.1) is 9.85 Å². The normalized spacial score (nSPS) is 10.0. The monoisotopic (exact) mass is 379 g/mol. The first-order valence-corrected chi connectivity index (χ1v) is 7.31. The summed E-state index contributed by atoms with van der Waals surface area (Å²) in [6.45, 7) is -0.699. The lowest BCUT2D eigenvalue weighted by Gasteiger charge is -2.07. The van der Waals surface area contributed by atoms with E-state index in [9.17, 15) is 29.8 Å². The fourth-order valence-corrected chi connectivity index (χ4v) is 2.07. The second-order valence-electron chi connectivity index (χ2n) is 4.85. The lowest BCUT2D eigenvalue weighted by molar-refractivity contribution is -0.385. The van der Waals surface area contributed by atoms with E-state index in [0.29, 0.717) is 0 Å². The van der Waals surface area contributed by atoms with Crippen molar-refractivity contribution in [2.45, 2.75) is 0 Å². The fraction of sp³-hybridized carbons (Fsp3) is 0.0667. The highest BCUT2D eigenvalue weighted by molar-refractivity contribution is 6.31. The second-order valence-corrected chi connectivity index (χ2v) is 5.28. The molecule has 0 atom stereocenters. The molecule has 2 rings (SSSR count). The molecule has 0 aliphatic heterocycles. The number of anilines is 1. The molecule has 2 aromatic carbocycles. The highest BCUT2D eigenvalue weighted by Gasteiger charge is 2.22. The van der Waals surface area contributed by atoms with E-state index in [4.69, 9.17) is 16.3 Å². The van der Waals surface area contributed by atoms with Gasteiger partial charge in [0.15, 0.2) is 6.61 Å². The molecule has 0 bridgehead atoms. The van der Waals surface area contributed by atoms with E-state index >= 15 is 0 Å². The van der Waals surface area contributed by atoms with Crippen molar-refractivity contribution in [2.24, 2.45) is 0 Å². The molecule has 2 aromatic rings. The predicted molar refractivity (Wildman–Crippen MR) is 90.1 cm³/mol. The maximum atomic E-state index is 11.9. The molecule has 10 nitrogen and oxygen atoms in total. The minimum absolute atomic E-state index is 0.0733. The molecule has 0 saturated carbocycles. The number of carbonyl (C=O) groups excluding carboxylic acids is 2. The maximum Gasteiger partial charge on any atom is 0.345 e. The lowest BCUT2D eigenvalue weighted by Crippen LogP contribution is -2.21. The quantitative estimate of drug-likeness (QED) is 0.461. The van der Waals surface area contributed by atoms with Gasteiger partial charge in [-0.1, -0.05) is 11.6 Å². The smallest absolute Gasteiger partial charge is 0.345 e. The molecule has 0 aliphatic carbocycles. The number of hydrogen-bond acceptors (Lipinski definition) is 7. The number of nitrogens with one attached hydrogen (secondary N) is 1. The Morgan fingerprint density at radius 3 is 2.27 bits per heavy atom. The summed E-state index contributed by atoms with van der Waals surface area (Å²) >= 11 is 5.65. The number of nitro benzene ring substituents is 2. The zero-order valence-electron chi connectivity index (χ0n) is 12.9. The van der Waals surface area contributed by atoms with Gasteiger partial charge in [0.2, 0.25) is 0 Å². The fourth-order valence-electron chi connectivity index (χ4n) is 1.90. The molecule has 11 heteroatoms. The van der Waals surface area contributed by atoms with Crippen LogP contribution in [0.2, 0.25) is 5.02 Å². The molecule has 0 aliphatic rings. The Morgan fingerprint density at radius 2 is 1.69 bits per heavy atom. The van der Waals surface area contributed by atoms with Gasteiger partial charge >= 0.3 is 5.97 Å². The van der Waals surface area contributed by atoms with E-state index in [1.807, 2.05) is 0 Å². The number of rotatable bonds is 6. The van der Waals surface area contributed by atoms with Gasteiger partial charge < -0.3 is 10.1 Å². The molecule has 1 N–H and O–H groups in total. The van der Waals surface area contributed by atoms with Crippen LogP contribution < -0.4 is 5.32 Å². The van der Waals surface area contributed by atoms with Crippen molar-refractivity contribution in [3.05, 3.63) is 73.3 Å². The standard InChI is InChI=1S/C15H10ClN3O7/c16-9-1-6-12(13(7-9)19(24)25)15(21)26-8-14(20)17-10-2-4-11(5-3-10)18(22)23/h1-7H,8H2,(H,17,20). The second kappa shape index (κ2) is 8.03. The molecule has 1 amide bonds. The number of hydrogen-bond donors (Lipinski definition) is 1. The summed E-state index contributed by atoms with van der Waals surface area (Å²) < 4.78 is 4.75. The highest BCUT2D eigenvalue weighted by Crippen LogP contribution is 2.24. The Hall–Kier alpha value is -3.53. The minimum Gasteiger partial charge on any atom is -0.452 e. The maximum absolute atomic E-state index is 11.9. The number of non-ortho nitro benzene ring substituents is 1. The van der Waals surface area contributed by atoms with Crippen molar-refractivity contribution in [3.8, 4) is 0 Å². The van der Waals surface area contributed by atoms with E-state index in [0.717, 1.165) is 12.1 Å². The minimum atomic E-state index is -1.06. The van der Waals surface area contributed by atoms with Crippen LogP contribution in [0, 0.1) is 20.2 Å². The van der Waals surface area contributed by atoms with Gasteiger partial charge in [-0.05, 0) is 24.3 Å². The van der Waals surface area contributed by atoms with Crippen LogP contribution in [0.1, 0.15) is 10.4 Å². The molecule has 0 saturated heterocycles. The van der Waals surface area contributed by atoms with Gasteiger partial charge in [-0.15, -0.1) is 0 Å². The number of esters is 1. The molecule has 0 heterocycles. The van der Waals surface area contributed by atoms with Crippen LogP contribution >= 0.6 is 11.6 Å². The van der Waals surface area contributed by atoms with Gasteiger partial charge in [0, 0.05) is 28.9 Å². The number of nitrogens with zero attached hydrogens (tertiary/aromatic N) is 2. The van der Waals surface area contributed by atoms with Crippen molar-refractivity contribution >= 4 is 40.5 Å². The van der Waals surface area contributed by atoms with Crippen LogP contribution in [0.5, 0.6) is 0 Å². The largest absolute Gasteiger partial charge is 0.452 e. The molecular weight excluding hydrogens is 370 g/mol. The number of halogens is 1. The third kappa shape index (κ3) is 4.74. The highest BCUT2D eigenvalue weighted by atomic mass is 35.5. The summed E-state index contributed by atoms with van der Waals surface area (Å²) in [6.07, 6.45) is 0. The summed E-state index contributed by atoms with van der Waals surface area (Å²) in [5.41, 5.74) is -0.778. The van der Waals surface area contributed by atoms with E-state index in [-0.39, 0.29) is 22.0 Å². The molecule has 134 valence electrons. The first kappa shape index (κ1) is 18.8. The van der Waals surface area contributed by atoms with Gasteiger partial charge in [-0.2, -0.15) is 0 Å². The van der Waals surface area contributed by atoms with Crippen LogP contribution in [-0.2, 0) is 9.53 Å². The Bertz CT molecular complexity index is 883. The molecule has 0 fully saturated rings. The predicted octanol–water partition coefficient (Wildman–Crippen LogP) is 2.95. The lowest BCUT2D eigenvalue weighted by atomic mass is 10.2. The average molecular weight is 380 g/mol. The van der Waals surface area contributed by atoms with Crippen LogP contribution in [-0.4, -0.2) is 28.3 Å². The first-order chi connectivity index (χ1) is 12.3. The first-order valence-electron chi connectivity index (χ1n) is 6.93. The number of benzene rings is 2. The summed E-state index contributed by atoms with van der Waals surface area (Å²) in [5.74, 6) is -1.78. The summed E-state index contributed by atoms with van der Waals surface area (Å²) in [4.78, 5) is 43.8. The SMILES string of the molecule is O=C(COC(=O)c1ccc(Cl)cc1[N+](=O)[O-])Nc1ccc([N+](=O)[O-])cc1. The molecule has 0 spiro atoms. The molecule has 0 aromatic heterocycles. The van der Waals surface area contributed by atoms with E-state index in [2.05, 4.69) is 5.32 Å². The van der Waals surface area contributed by atoms with Crippen LogP contribution in [0.4, 0.5) is 17.1 Å². The van der Waals surface area contributed by atoms with Crippen molar-refractivity contribution in [1.29, 1.82) is 0 Å². The summed E-state index contributed by atoms with van der Waals surface area (Å²) in [5, 5.41) is 23.9. The Morgan fingerprint density at radius 1 is 1.04 bits per heavy atom. The molecule has 0 unspecified atom stereocenters. The molecular formula is C15H10ClN3O7. The van der Waals surface area contributed by atoms with Gasteiger partial charge in [0.25, 0.3) is 17.3 Å². The zero-order valence-corrected chi connectivity index (χ0v) is 13.6. The van der Waals surface area contributed by atoms with Gasteiger partial charge in [0.1, 0.15) is 5.56 Å². The van der Waals surface area contributed by atoms with Crippen molar-refractivity contribution < 1.29 is 24.2 Å². The van der Waals surface area contributed by atoms with Crippen LogP contribution in [0.15, 0.2) is 42.5 Å². The third-order valence-electron chi connectivity index (χ3n) is 3.07. The van der Waals surface area contributed by atoms with E-state index in [1.54, 1.807) is 0 Å². The number of amides is 1. The van der Waals surface area contributed by atoms with Crippen molar-refractivity contribution in [2.75, 3.05) is 11.9 Å². The van der Waals surface area contributed by atoms with Crippen molar-refractivity contribution in [3.63, 3.8) is 0 Å². The number of nitro groups is 2. The topological polar surface area (TPSA) is 142 Å². The Kier molecular flexibility index (Phi) is 5.81. The van der Waals surface area contributed by atoms with Crippen LogP contribution in [0.25, 0.3) is 0 Å². The molecule has 0 radical (unpaired) electrons. The number of carbonyl (C=O) groups is 2. The van der Waals surface area contributed by atoms with E-state index in [1.165, 1.54) is 30.3 Å². The van der Waals surface area contributed by atoms with E-state index < -0.39 is 34.0 Å². The number of ether oxygens (including phenoxy) is 1. The molecule has 26 heavy (non-hydrogen) atoms. The Balaban J connectivity index is 1.98. The summed E-state index contributed by atoms with van der Waals surface area (Å²) in [6, 6.07) is 8.40. The average Bonchev–Trinajstić information content (AvgIpc) is 2.60. The Labute approximate surface area is 150 Å². The zero-order chi connectivity index (χ0) is 19.3. The summed E-state index contributed by atoms with van der Waals surface area (Å²) in [7, 11) is 0. The van der Waals surface area contributed by atoms with Gasteiger partial charge in [-0.3, -0.25) is 25.0 Å². The third-order valence-corrected chi connectivity index (χ3v) is 3.31. The van der Waals surface area contributed by atoms with Crippen LogP contribution in [0.3, 0.4) is 0 Å².